The van der Waals surface area contributed by atoms with Crippen LogP contribution in [0.4, 0.5) is 10.2 Å². The number of nitrogens with two attached hydrogens (primary N) is 1. The normalized spacial score (nSPS) is 10.8. The average Bonchev–Trinajstić information content (AvgIpc) is 2.66. The zero-order valence-electron chi connectivity index (χ0n) is 9.96. The molecule has 0 bridgehead atoms. The van der Waals surface area contributed by atoms with Gasteiger partial charge in [0.25, 0.3) is 0 Å². The van der Waals surface area contributed by atoms with Crippen molar-refractivity contribution in [3.63, 3.8) is 0 Å². The van der Waals surface area contributed by atoms with Gasteiger partial charge in [-0.3, -0.25) is 0 Å². The molecule has 1 aromatic heterocycles. The second-order valence-electron chi connectivity index (χ2n) is 4.06. The first-order chi connectivity index (χ1) is 8.15. The van der Waals surface area contributed by atoms with Gasteiger partial charge in [-0.05, 0) is 25.0 Å². The standard InChI is InChI=1S/C13H15FN2O/c1-3-5-10-12(17-16-13(10)15)9-7-4-6-8(2)11(9)14/h4,6-7H,3,5H2,1-2H3,(H2,15,16). The molecule has 17 heavy (non-hydrogen) atoms. The van der Waals surface area contributed by atoms with E-state index in [0.29, 0.717) is 22.7 Å². The van der Waals surface area contributed by atoms with Gasteiger partial charge in [0.05, 0.1) is 5.56 Å². The first-order valence-electron chi connectivity index (χ1n) is 5.64. The Balaban J connectivity index is 2.56. The number of rotatable bonds is 3. The molecule has 0 spiro atoms. The zero-order chi connectivity index (χ0) is 12.4. The van der Waals surface area contributed by atoms with E-state index in [1.54, 1.807) is 25.1 Å². The topological polar surface area (TPSA) is 52.0 Å². The molecule has 0 fully saturated rings. The quantitative estimate of drug-likeness (QED) is 0.886. The fourth-order valence-electron chi connectivity index (χ4n) is 1.85. The fraction of sp³-hybridized carbons (Fsp3) is 0.308. The Hall–Kier alpha value is -1.84. The highest BCUT2D eigenvalue weighted by atomic mass is 19.1. The number of aryl methyl sites for hydroxylation is 1. The van der Waals surface area contributed by atoms with E-state index in [9.17, 15) is 4.39 Å². The lowest BCUT2D eigenvalue weighted by Gasteiger charge is -2.04. The minimum Gasteiger partial charge on any atom is -0.381 e. The van der Waals surface area contributed by atoms with Gasteiger partial charge in [-0.1, -0.05) is 30.6 Å². The first-order valence-corrected chi connectivity index (χ1v) is 5.64. The van der Waals surface area contributed by atoms with E-state index in [4.69, 9.17) is 10.3 Å². The van der Waals surface area contributed by atoms with Gasteiger partial charge in [-0.2, -0.15) is 0 Å². The number of hydrogen-bond acceptors (Lipinski definition) is 3. The Kier molecular flexibility index (Phi) is 3.13. The van der Waals surface area contributed by atoms with E-state index < -0.39 is 0 Å². The molecule has 0 unspecified atom stereocenters. The highest BCUT2D eigenvalue weighted by Gasteiger charge is 2.18. The molecule has 0 radical (unpaired) electrons. The van der Waals surface area contributed by atoms with Gasteiger partial charge in [0.15, 0.2) is 11.6 Å². The molecule has 0 aliphatic heterocycles. The third kappa shape index (κ3) is 2.02. The molecule has 2 aromatic rings. The molecule has 2 N–H and O–H groups in total. The number of nitrogens with zero attached hydrogens (tertiary/aromatic N) is 1. The average molecular weight is 234 g/mol. The van der Waals surface area contributed by atoms with Crippen molar-refractivity contribution in [2.45, 2.75) is 26.7 Å². The van der Waals surface area contributed by atoms with Gasteiger partial charge in [-0.15, -0.1) is 0 Å². The third-order valence-corrected chi connectivity index (χ3v) is 2.75. The van der Waals surface area contributed by atoms with Crippen LogP contribution in [0.5, 0.6) is 0 Å². The number of nitrogen functional groups attached to an aromatic ring is 1. The van der Waals surface area contributed by atoms with Gasteiger partial charge < -0.3 is 10.3 Å². The van der Waals surface area contributed by atoms with Crippen molar-refractivity contribution in [2.75, 3.05) is 5.73 Å². The van der Waals surface area contributed by atoms with Crippen LogP contribution in [-0.4, -0.2) is 5.16 Å². The lowest BCUT2D eigenvalue weighted by Crippen LogP contribution is -1.94. The SMILES string of the molecule is CCCc1c(N)noc1-c1cccc(C)c1F. The number of anilines is 1. The van der Waals surface area contributed by atoms with Crippen molar-refractivity contribution < 1.29 is 8.91 Å². The van der Waals surface area contributed by atoms with Crippen molar-refractivity contribution in [3.05, 3.63) is 35.1 Å². The molecule has 2 rings (SSSR count). The van der Waals surface area contributed by atoms with Crippen LogP contribution in [0.25, 0.3) is 11.3 Å². The molecule has 0 saturated carbocycles. The van der Waals surface area contributed by atoms with Crippen LogP contribution >= 0.6 is 0 Å². The Bertz CT molecular complexity index is 534. The number of halogens is 1. The fourth-order valence-corrected chi connectivity index (χ4v) is 1.85. The number of hydrogen-bond donors (Lipinski definition) is 1. The Morgan fingerprint density at radius 2 is 2.18 bits per heavy atom. The number of aromatic nitrogens is 1. The molecule has 1 aromatic carbocycles. The molecule has 1 heterocycles. The molecule has 0 aliphatic rings. The highest BCUT2D eigenvalue weighted by molar-refractivity contribution is 5.67. The maximum Gasteiger partial charge on any atom is 0.175 e. The van der Waals surface area contributed by atoms with Crippen molar-refractivity contribution in [3.8, 4) is 11.3 Å². The predicted molar refractivity (Wildman–Crippen MR) is 65.0 cm³/mol. The summed E-state index contributed by atoms with van der Waals surface area (Å²) < 4.78 is 19.1. The summed E-state index contributed by atoms with van der Waals surface area (Å²) in [6.07, 6.45) is 1.64. The second kappa shape index (κ2) is 4.57. The summed E-state index contributed by atoms with van der Waals surface area (Å²) in [4.78, 5) is 0. The summed E-state index contributed by atoms with van der Waals surface area (Å²) in [5.74, 6) is 0.523. The van der Waals surface area contributed by atoms with Crippen LogP contribution in [0.3, 0.4) is 0 Å². The second-order valence-corrected chi connectivity index (χ2v) is 4.06. The highest BCUT2D eigenvalue weighted by Crippen LogP contribution is 2.31. The van der Waals surface area contributed by atoms with Crippen LogP contribution in [-0.2, 0) is 6.42 Å². The van der Waals surface area contributed by atoms with Gasteiger partial charge in [0.1, 0.15) is 5.82 Å². The monoisotopic (exact) mass is 234 g/mol. The van der Waals surface area contributed by atoms with Crippen molar-refractivity contribution >= 4 is 5.82 Å². The molecule has 90 valence electrons. The minimum absolute atomic E-state index is 0.277. The van der Waals surface area contributed by atoms with E-state index in [2.05, 4.69) is 5.16 Å². The largest absolute Gasteiger partial charge is 0.381 e. The third-order valence-electron chi connectivity index (χ3n) is 2.75. The van der Waals surface area contributed by atoms with Crippen molar-refractivity contribution in [1.82, 2.24) is 5.16 Å². The van der Waals surface area contributed by atoms with Crippen LogP contribution < -0.4 is 5.73 Å². The van der Waals surface area contributed by atoms with Crippen LogP contribution in [0.2, 0.25) is 0 Å². The molecular formula is C13H15FN2O. The molecule has 0 amide bonds. The number of benzene rings is 1. The van der Waals surface area contributed by atoms with E-state index in [0.717, 1.165) is 18.4 Å². The van der Waals surface area contributed by atoms with Crippen LogP contribution in [0.15, 0.2) is 22.7 Å². The van der Waals surface area contributed by atoms with E-state index in [-0.39, 0.29) is 5.82 Å². The molecule has 4 heteroatoms. The Labute approximate surface area is 99.4 Å². The molecule has 3 nitrogen and oxygen atoms in total. The summed E-state index contributed by atoms with van der Waals surface area (Å²) >= 11 is 0. The summed E-state index contributed by atoms with van der Waals surface area (Å²) in [6, 6.07) is 5.20. The van der Waals surface area contributed by atoms with Crippen LogP contribution in [0, 0.1) is 12.7 Å². The van der Waals surface area contributed by atoms with E-state index in [1.807, 2.05) is 6.92 Å². The van der Waals surface area contributed by atoms with Gasteiger partial charge in [0, 0.05) is 5.56 Å². The van der Waals surface area contributed by atoms with E-state index >= 15 is 0 Å². The van der Waals surface area contributed by atoms with Crippen molar-refractivity contribution in [1.29, 1.82) is 0 Å². The smallest absolute Gasteiger partial charge is 0.175 e. The van der Waals surface area contributed by atoms with Crippen LogP contribution in [0.1, 0.15) is 24.5 Å². The molecular weight excluding hydrogens is 219 g/mol. The van der Waals surface area contributed by atoms with Crippen molar-refractivity contribution in [2.24, 2.45) is 0 Å². The summed E-state index contributed by atoms with van der Waals surface area (Å²) in [7, 11) is 0. The van der Waals surface area contributed by atoms with Gasteiger partial charge in [0.2, 0.25) is 0 Å². The summed E-state index contributed by atoms with van der Waals surface area (Å²) in [5, 5.41) is 3.72. The maximum absolute atomic E-state index is 14.0. The van der Waals surface area contributed by atoms with Gasteiger partial charge in [-0.25, -0.2) is 4.39 Å². The Morgan fingerprint density at radius 3 is 2.88 bits per heavy atom. The molecule has 0 aliphatic carbocycles. The lowest BCUT2D eigenvalue weighted by atomic mass is 10.0. The summed E-state index contributed by atoms with van der Waals surface area (Å²) in [5.41, 5.74) is 7.53. The van der Waals surface area contributed by atoms with E-state index in [1.165, 1.54) is 0 Å². The summed E-state index contributed by atoms with van der Waals surface area (Å²) in [6.45, 7) is 3.75. The Morgan fingerprint density at radius 1 is 1.41 bits per heavy atom. The lowest BCUT2D eigenvalue weighted by molar-refractivity contribution is 0.432. The predicted octanol–water partition coefficient (Wildman–Crippen LogP) is 3.32. The van der Waals surface area contributed by atoms with Gasteiger partial charge >= 0.3 is 0 Å². The maximum atomic E-state index is 14.0. The minimum atomic E-state index is -0.277. The zero-order valence-corrected chi connectivity index (χ0v) is 9.96. The molecule has 0 saturated heterocycles. The molecule has 0 atom stereocenters. The first kappa shape index (κ1) is 11.6.